The van der Waals surface area contributed by atoms with Crippen LogP contribution < -0.4 is 4.74 Å². The van der Waals surface area contributed by atoms with Crippen molar-refractivity contribution in [2.45, 2.75) is 19.3 Å². The van der Waals surface area contributed by atoms with Gasteiger partial charge in [0.25, 0.3) is 0 Å². The van der Waals surface area contributed by atoms with E-state index in [9.17, 15) is 15.0 Å². The number of aryl methyl sites for hydroxylation is 1. The van der Waals surface area contributed by atoms with Gasteiger partial charge < -0.3 is 20.1 Å². The predicted octanol–water partition coefficient (Wildman–Crippen LogP) is 4.35. The van der Waals surface area contributed by atoms with Gasteiger partial charge in [0, 0.05) is 0 Å². The summed E-state index contributed by atoms with van der Waals surface area (Å²) in [5, 5.41) is 29.7. The first-order valence-corrected chi connectivity index (χ1v) is 8.44. The first-order chi connectivity index (χ1) is 12.5. The number of aromatic carboxylic acids is 1. The lowest BCUT2D eigenvalue weighted by molar-refractivity contribution is 0.0697. The van der Waals surface area contributed by atoms with Crippen LogP contribution in [0.15, 0.2) is 54.6 Å². The summed E-state index contributed by atoms with van der Waals surface area (Å²) in [7, 11) is 0. The topological polar surface area (TPSA) is 87.0 Å². The third kappa shape index (κ3) is 4.25. The molecule has 0 amide bonds. The Hall–Kier alpha value is -3.21. The Morgan fingerprint density at radius 1 is 0.846 bits per heavy atom. The van der Waals surface area contributed by atoms with E-state index in [1.165, 1.54) is 6.07 Å². The van der Waals surface area contributed by atoms with E-state index in [0.717, 1.165) is 35.6 Å². The fourth-order valence-corrected chi connectivity index (χ4v) is 2.79. The van der Waals surface area contributed by atoms with E-state index in [1.807, 2.05) is 18.2 Å². The van der Waals surface area contributed by atoms with Gasteiger partial charge in [0.15, 0.2) is 11.5 Å². The minimum atomic E-state index is -0.946. The minimum Gasteiger partial charge on any atom is -0.504 e. The van der Waals surface area contributed by atoms with Crippen LogP contribution in [-0.2, 0) is 6.42 Å². The normalized spacial score (nSPS) is 10.8. The lowest BCUT2D eigenvalue weighted by Crippen LogP contribution is -1.99. The number of fused-ring (bicyclic) bond motifs is 1. The van der Waals surface area contributed by atoms with Gasteiger partial charge in [-0.1, -0.05) is 18.2 Å². The summed E-state index contributed by atoms with van der Waals surface area (Å²) in [4.78, 5) is 11.1. The molecule has 0 bridgehead atoms. The number of benzene rings is 3. The van der Waals surface area contributed by atoms with E-state index in [-0.39, 0.29) is 17.1 Å². The quantitative estimate of drug-likeness (QED) is 0.435. The van der Waals surface area contributed by atoms with Crippen LogP contribution in [0.3, 0.4) is 0 Å². The number of carboxylic acids is 1. The average Bonchev–Trinajstić information content (AvgIpc) is 2.63. The van der Waals surface area contributed by atoms with Crippen molar-refractivity contribution in [2.75, 3.05) is 6.61 Å². The minimum absolute atomic E-state index is 0.101. The SMILES string of the molecule is O=C(O)c1ccc2ccc(OCCCCc3ccc(O)c(O)c3)cc2c1. The molecule has 0 aliphatic carbocycles. The smallest absolute Gasteiger partial charge is 0.335 e. The molecule has 26 heavy (non-hydrogen) atoms. The van der Waals surface area contributed by atoms with Gasteiger partial charge in [0.1, 0.15) is 5.75 Å². The summed E-state index contributed by atoms with van der Waals surface area (Å²) < 4.78 is 5.76. The van der Waals surface area contributed by atoms with Gasteiger partial charge in [-0.15, -0.1) is 0 Å². The number of rotatable bonds is 7. The number of phenols is 2. The monoisotopic (exact) mass is 352 g/mol. The third-order valence-electron chi connectivity index (χ3n) is 4.23. The highest BCUT2D eigenvalue weighted by Gasteiger charge is 2.05. The molecule has 5 nitrogen and oxygen atoms in total. The van der Waals surface area contributed by atoms with Crippen molar-refractivity contribution < 1.29 is 24.9 Å². The Morgan fingerprint density at radius 3 is 2.42 bits per heavy atom. The van der Waals surface area contributed by atoms with Crippen LogP contribution in [0.1, 0.15) is 28.8 Å². The Balaban J connectivity index is 1.52. The van der Waals surface area contributed by atoms with E-state index >= 15 is 0 Å². The van der Waals surface area contributed by atoms with Gasteiger partial charge in [0.05, 0.1) is 12.2 Å². The fourth-order valence-electron chi connectivity index (χ4n) is 2.79. The second kappa shape index (κ2) is 7.78. The summed E-state index contributed by atoms with van der Waals surface area (Å²) in [6, 6.07) is 15.5. The summed E-state index contributed by atoms with van der Waals surface area (Å²) >= 11 is 0. The number of aromatic hydroxyl groups is 2. The Bertz CT molecular complexity index is 933. The van der Waals surface area contributed by atoms with Crippen molar-refractivity contribution >= 4 is 16.7 Å². The standard InChI is InChI=1S/C21H20O5/c22-19-9-4-14(11-20(19)23)3-1-2-10-26-18-8-7-15-5-6-16(21(24)25)12-17(15)13-18/h4-9,11-13,22-23H,1-3,10H2,(H,24,25). The first-order valence-electron chi connectivity index (χ1n) is 8.44. The van der Waals surface area contributed by atoms with E-state index in [0.29, 0.717) is 12.4 Å². The van der Waals surface area contributed by atoms with Crippen LogP contribution >= 0.6 is 0 Å². The molecule has 0 unspecified atom stereocenters. The Morgan fingerprint density at radius 2 is 1.65 bits per heavy atom. The number of carbonyl (C=O) groups is 1. The molecule has 0 aromatic heterocycles. The molecule has 5 heteroatoms. The molecule has 3 N–H and O–H groups in total. The zero-order valence-corrected chi connectivity index (χ0v) is 14.2. The van der Waals surface area contributed by atoms with Crippen molar-refractivity contribution in [1.29, 1.82) is 0 Å². The molecular formula is C21H20O5. The molecule has 3 rings (SSSR count). The zero-order valence-electron chi connectivity index (χ0n) is 14.2. The van der Waals surface area contributed by atoms with Gasteiger partial charge in [-0.25, -0.2) is 4.79 Å². The molecule has 0 atom stereocenters. The van der Waals surface area contributed by atoms with Crippen LogP contribution in [-0.4, -0.2) is 27.9 Å². The van der Waals surface area contributed by atoms with Crippen LogP contribution in [0.2, 0.25) is 0 Å². The van der Waals surface area contributed by atoms with Gasteiger partial charge >= 0.3 is 5.97 Å². The van der Waals surface area contributed by atoms with Crippen molar-refractivity contribution in [3.05, 3.63) is 65.7 Å². The lowest BCUT2D eigenvalue weighted by Gasteiger charge is -2.08. The maximum atomic E-state index is 11.1. The number of unbranched alkanes of at least 4 members (excludes halogenated alkanes) is 1. The molecule has 0 heterocycles. The van der Waals surface area contributed by atoms with Gasteiger partial charge in [-0.3, -0.25) is 0 Å². The molecule has 3 aromatic rings. The molecule has 134 valence electrons. The molecule has 0 spiro atoms. The van der Waals surface area contributed by atoms with Gasteiger partial charge in [-0.05, 0) is 72.0 Å². The van der Waals surface area contributed by atoms with E-state index in [2.05, 4.69) is 0 Å². The van der Waals surface area contributed by atoms with Crippen molar-refractivity contribution in [3.8, 4) is 17.2 Å². The summed E-state index contributed by atoms with van der Waals surface area (Å²) in [5.74, 6) is -0.448. The highest BCUT2D eigenvalue weighted by Crippen LogP contribution is 2.26. The zero-order chi connectivity index (χ0) is 18.5. The van der Waals surface area contributed by atoms with Crippen molar-refractivity contribution in [2.24, 2.45) is 0 Å². The second-order valence-corrected chi connectivity index (χ2v) is 6.16. The summed E-state index contributed by atoms with van der Waals surface area (Å²) in [6.07, 6.45) is 2.52. The number of hydrogen-bond acceptors (Lipinski definition) is 4. The van der Waals surface area contributed by atoms with E-state index in [1.54, 1.807) is 30.3 Å². The number of hydrogen-bond donors (Lipinski definition) is 3. The molecule has 0 saturated carbocycles. The van der Waals surface area contributed by atoms with Gasteiger partial charge in [0.2, 0.25) is 0 Å². The van der Waals surface area contributed by atoms with Crippen molar-refractivity contribution in [1.82, 2.24) is 0 Å². The van der Waals surface area contributed by atoms with Crippen LogP contribution in [0.5, 0.6) is 17.2 Å². The third-order valence-corrected chi connectivity index (χ3v) is 4.23. The Kier molecular flexibility index (Phi) is 5.27. The molecule has 3 aromatic carbocycles. The fraction of sp³-hybridized carbons (Fsp3) is 0.190. The highest BCUT2D eigenvalue weighted by molar-refractivity contribution is 5.94. The summed E-state index contributed by atoms with van der Waals surface area (Å²) in [5.41, 5.74) is 1.22. The highest BCUT2D eigenvalue weighted by atomic mass is 16.5. The number of phenolic OH excluding ortho intramolecular Hbond substituents is 2. The molecule has 0 saturated heterocycles. The molecule has 0 radical (unpaired) electrons. The lowest BCUT2D eigenvalue weighted by atomic mass is 10.1. The number of ether oxygens (including phenoxy) is 1. The first kappa shape index (κ1) is 17.6. The van der Waals surface area contributed by atoms with Crippen molar-refractivity contribution in [3.63, 3.8) is 0 Å². The van der Waals surface area contributed by atoms with Crippen LogP contribution in [0.4, 0.5) is 0 Å². The van der Waals surface area contributed by atoms with E-state index < -0.39 is 5.97 Å². The molecular weight excluding hydrogens is 332 g/mol. The molecule has 0 aliphatic rings. The van der Waals surface area contributed by atoms with Crippen LogP contribution in [0, 0.1) is 0 Å². The summed E-state index contributed by atoms with van der Waals surface area (Å²) in [6.45, 7) is 0.550. The second-order valence-electron chi connectivity index (χ2n) is 6.16. The molecule has 0 aliphatic heterocycles. The largest absolute Gasteiger partial charge is 0.504 e. The Labute approximate surface area is 151 Å². The maximum Gasteiger partial charge on any atom is 0.335 e. The predicted molar refractivity (Wildman–Crippen MR) is 99.1 cm³/mol. The maximum absolute atomic E-state index is 11.1. The van der Waals surface area contributed by atoms with E-state index in [4.69, 9.17) is 9.84 Å². The van der Waals surface area contributed by atoms with Gasteiger partial charge in [-0.2, -0.15) is 0 Å². The van der Waals surface area contributed by atoms with Crippen LogP contribution in [0.25, 0.3) is 10.8 Å². The number of carboxylic acid groups (broad SMARTS) is 1. The average molecular weight is 352 g/mol. The molecule has 0 fully saturated rings.